The maximum Gasteiger partial charge on any atom is 0.222 e. The first-order valence-corrected chi connectivity index (χ1v) is 9.82. The maximum atomic E-state index is 12.9. The number of carbonyl (C=O) groups excluding carboxylic acids is 1. The van der Waals surface area contributed by atoms with E-state index in [0.29, 0.717) is 13.0 Å². The van der Waals surface area contributed by atoms with Gasteiger partial charge in [0.25, 0.3) is 0 Å². The number of benzene rings is 2. The molecule has 2 heterocycles. The van der Waals surface area contributed by atoms with Gasteiger partial charge < -0.3 is 4.74 Å². The molecular formula is C24H22N2O2. The molecule has 1 aromatic heterocycles. The zero-order chi connectivity index (χ0) is 19.1. The van der Waals surface area contributed by atoms with Gasteiger partial charge in [0.15, 0.2) is 5.78 Å². The molecule has 1 aliphatic carbocycles. The van der Waals surface area contributed by atoms with Crippen LogP contribution in [0.1, 0.15) is 47.6 Å². The Morgan fingerprint density at radius 1 is 1.04 bits per heavy atom. The second kappa shape index (κ2) is 6.79. The number of aryl methyl sites for hydroxylation is 1. The second-order valence-electron chi connectivity index (χ2n) is 7.51. The van der Waals surface area contributed by atoms with Crippen molar-refractivity contribution in [3.8, 4) is 5.88 Å². The molecule has 0 bridgehead atoms. The number of hydrogen-bond acceptors (Lipinski definition) is 3. The number of carbonyl (C=O) groups is 1. The van der Waals surface area contributed by atoms with Crippen molar-refractivity contribution in [3.63, 3.8) is 0 Å². The molecule has 0 saturated carbocycles. The lowest BCUT2D eigenvalue weighted by molar-refractivity contribution is -0.116. The van der Waals surface area contributed by atoms with Crippen LogP contribution in [0.25, 0.3) is 0 Å². The number of hydrogen-bond donors (Lipinski definition) is 0. The highest BCUT2D eigenvalue weighted by Crippen LogP contribution is 2.47. The molecule has 0 fully saturated rings. The fourth-order valence-electron chi connectivity index (χ4n) is 4.38. The number of allylic oxidation sites excluding steroid dienone is 2. The van der Waals surface area contributed by atoms with E-state index in [1.165, 1.54) is 5.56 Å². The van der Waals surface area contributed by atoms with Crippen LogP contribution in [0.5, 0.6) is 5.88 Å². The van der Waals surface area contributed by atoms with Gasteiger partial charge in [-0.1, -0.05) is 60.7 Å². The summed E-state index contributed by atoms with van der Waals surface area (Å²) in [7, 11) is 0. The van der Waals surface area contributed by atoms with E-state index in [9.17, 15) is 4.79 Å². The largest absolute Gasteiger partial charge is 0.443 e. The van der Waals surface area contributed by atoms with E-state index < -0.39 is 0 Å². The monoisotopic (exact) mass is 370 g/mol. The summed E-state index contributed by atoms with van der Waals surface area (Å²) in [6, 6.07) is 20.5. The van der Waals surface area contributed by atoms with E-state index in [-0.39, 0.29) is 11.7 Å². The van der Waals surface area contributed by atoms with Crippen LogP contribution in [-0.2, 0) is 11.3 Å². The van der Waals surface area contributed by atoms with E-state index in [2.05, 4.69) is 24.3 Å². The van der Waals surface area contributed by atoms with Gasteiger partial charge in [-0.15, -0.1) is 0 Å². The number of fused-ring (bicyclic) bond motifs is 1. The average Bonchev–Trinajstić information content (AvgIpc) is 3.03. The number of nitrogens with zero attached hydrogens (tertiary/aromatic N) is 2. The van der Waals surface area contributed by atoms with Crippen LogP contribution in [0.4, 0.5) is 0 Å². The van der Waals surface area contributed by atoms with Crippen molar-refractivity contribution in [3.05, 3.63) is 94.4 Å². The highest BCUT2D eigenvalue weighted by atomic mass is 16.5. The van der Waals surface area contributed by atoms with Gasteiger partial charge in [-0.2, -0.15) is 5.10 Å². The third-order valence-corrected chi connectivity index (χ3v) is 5.64. The molecule has 1 aliphatic heterocycles. The molecule has 4 heteroatoms. The molecule has 1 atom stereocenters. The van der Waals surface area contributed by atoms with Crippen LogP contribution < -0.4 is 4.74 Å². The Hall–Kier alpha value is -3.14. The molecule has 3 aromatic rings. The molecule has 0 amide bonds. The Bertz CT molecular complexity index is 1060. The van der Waals surface area contributed by atoms with Gasteiger partial charge in [-0.25, -0.2) is 4.68 Å². The zero-order valence-electron chi connectivity index (χ0n) is 15.9. The normalized spacial score (nSPS) is 18.5. The molecule has 1 unspecified atom stereocenters. The summed E-state index contributed by atoms with van der Waals surface area (Å²) in [4.78, 5) is 12.9. The minimum atomic E-state index is -0.0997. The first-order valence-electron chi connectivity index (χ1n) is 9.82. The smallest absolute Gasteiger partial charge is 0.222 e. The fraction of sp³-hybridized carbons (Fsp3) is 0.250. The summed E-state index contributed by atoms with van der Waals surface area (Å²) in [5.41, 5.74) is 5.07. The number of ether oxygens (including phenoxy) is 1. The summed E-state index contributed by atoms with van der Waals surface area (Å²) < 4.78 is 8.28. The maximum absolute atomic E-state index is 12.9. The van der Waals surface area contributed by atoms with Crippen LogP contribution in [0.2, 0.25) is 0 Å². The predicted octanol–water partition coefficient (Wildman–Crippen LogP) is 4.77. The third kappa shape index (κ3) is 2.76. The first-order chi connectivity index (χ1) is 13.7. The lowest BCUT2D eigenvalue weighted by Gasteiger charge is -2.31. The number of ketones is 1. The second-order valence-corrected chi connectivity index (χ2v) is 7.51. The van der Waals surface area contributed by atoms with Gasteiger partial charge in [0.2, 0.25) is 5.88 Å². The number of rotatable bonds is 3. The summed E-state index contributed by atoms with van der Waals surface area (Å²) >= 11 is 0. The van der Waals surface area contributed by atoms with Crippen molar-refractivity contribution in [2.75, 3.05) is 0 Å². The molecule has 140 valence electrons. The van der Waals surface area contributed by atoms with Crippen LogP contribution in [-0.4, -0.2) is 15.6 Å². The van der Waals surface area contributed by atoms with Gasteiger partial charge >= 0.3 is 0 Å². The Kier molecular flexibility index (Phi) is 4.12. The molecule has 2 aliphatic rings. The standard InChI is InChI=1S/C24H22N2O2/c1-16-21-22(18-11-6-3-7-12-18)23-19(27)13-8-14-20(23)28-24(21)26(25-16)15-17-9-4-2-5-10-17/h2-7,9-12,22H,8,13-15H2,1H3. The zero-order valence-corrected chi connectivity index (χ0v) is 15.9. The quantitative estimate of drug-likeness (QED) is 0.667. The Morgan fingerprint density at radius 3 is 2.50 bits per heavy atom. The molecule has 2 aromatic carbocycles. The van der Waals surface area contributed by atoms with Gasteiger partial charge in [0, 0.05) is 29.9 Å². The van der Waals surface area contributed by atoms with Gasteiger partial charge in [-0.3, -0.25) is 4.79 Å². The van der Waals surface area contributed by atoms with Crippen molar-refractivity contribution < 1.29 is 9.53 Å². The molecule has 5 rings (SSSR count). The average molecular weight is 370 g/mol. The molecule has 0 spiro atoms. The Morgan fingerprint density at radius 2 is 1.75 bits per heavy atom. The summed E-state index contributed by atoms with van der Waals surface area (Å²) in [5, 5.41) is 4.80. The van der Waals surface area contributed by atoms with Crippen molar-refractivity contribution in [2.24, 2.45) is 0 Å². The van der Waals surface area contributed by atoms with E-state index >= 15 is 0 Å². The van der Waals surface area contributed by atoms with Crippen LogP contribution in [0.15, 0.2) is 72.0 Å². The lowest BCUT2D eigenvalue weighted by atomic mass is 9.77. The minimum Gasteiger partial charge on any atom is -0.443 e. The van der Waals surface area contributed by atoms with Crippen LogP contribution >= 0.6 is 0 Å². The van der Waals surface area contributed by atoms with Crippen molar-refractivity contribution in [1.82, 2.24) is 9.78 Å². The lowest BCUT2D eigenvalue weighted by Crippen LogP contribution is -2.26. The van der Waals surface area contributed by atoms with Crippen LogP contribution in [0, 0.1) is 6.92 Å². The molecule has 4 nitrogen and oxygen atoms in total. The van der Waals surface area contributed by atoms with E-state index in [4.69, 9.17) is 9.84 Å². The first kappa shape index (κ1) is 17.0. The third-order valence-electron chi connectivity index (χ3n) is 5.64. The molecule has 0 N–H and O–H groups in total. The van der Waals surface area contributed by atoms with Gasteiger partial charge in [0.05, 0.1) is 12.2 Å². The van der Waals surface area contributed by atoms with Crippen molar-refractivity contribution in [2.45, 2.75) is 38.6 Å². The number of aromatic nitrogens is 2. The highest BCUT2D eigenvalue weighted by molar-refractivity contribution is 5.99. The van der Waals surface area contributed by atoms with Crippen LogP contribution in [0.3, 0.4) is 0 Å². The van der Waals surface area contributed by atoms with Gasteiger partial charge in [0.1, 0.15) is 5.76 Å². The molecular weight excluding hydrogens is 348 g/mol. The predicted molar refractivity (Wildman–Crippen MR) is 107 cm³/mol. The Labute approximate surface area is 164 Å². The van der Waals surface area contributed by atoms with E-state index in [0.717, 1.165) is 46.9 Å². The SMILES string of the molecule is Cc1nn(Cc2ccccc2)c2c1C(c1ccccc1)C1=C(CCCC1=O)O2. The Balaban J connectivity index is 1.67. The molecule has 0 radical (unpaired) electrons. The fourth-order valence-corrected chi connectivity index (χ4v) is 4.38. The summed E-state index contributed by atoms with van der Waals surface area (Å²) in [6.07, 6.45) is 2.25. The van der Waals surface area contributed by atoms with E-state index in [1.54, 1.807) is 0 Å². The van der Waals surface area contributed by atoms with E-state index in [1.807, 2.05) is 48.0 Å². The van der Waals surface area contributed by atoms with Crippen molar-refractivity contribution in [1.29, 1.82) is 0 Å². The molecule has 0 saturated heterocycles. The van der Waals surface area contributed by atoms with Crippen molar-refractivity contribution >= 4 is 5.78 Å². The summed E-state index contributed by atoms with van der Waals surface area (Å²) in [5.74, 6) is 1.71. The number of Topliss-reactive ketones (excluding diaryl/α,β-unsaturated/α-hetero) is 1. The highest BCUT2D eigenvalue weighted by Gasteiger charge is 2.40. The minimum absolute atomic E-state index is 0.0997. The summed E-state index contributed by atoms with van der Waals surface area (Å²) in [6.45, 7) is 2.66. The topological polar surface area (TPSA) is 44.1 Å². The molecule has 28 heavy (non-hydrogen) atoms. The van der Waals surface area contributed by atoms with Gasteiger partial charge in [-0.05, 0) is 24.5 Å².